The normalized spacial score (nSPS) is 15.5. The molecule has 142 valence electrons. The summed E-state index contributed by atoms with van der Waals surface area (Å²) in [5.74, 6) is 0.513. The monoisotopic (exact) mass is 465 g/mol. The molecular formula is C18H29FIN3O2. The number of ether oxygens (including phenoxy) is 2. The number of hydrogen-bond donors (Lipinski definition) is 2. The average Bonchev–Trinajstić information content (AvgIpc) is 2.60. The number of halogens is 2. The fraction of sp³-hybridized carbons (Fsp3) is 0.611. The summed E-state index contributed by atoms with van der Waals surface area (Å²) < 4.78 is 24.3. The summed E-state index contributed by atoms with van der Waals surface area (Å²) in [5, 5.41) is 6.48. The van der Waals surface area contributed by atoms with E-state index >= 15 is 0 Å². The highest BCUT2D eigenvalue weighted by Gasteiger charge is 2.13. The van der Waals surface area contributed by atoms with E-state index in [1.54, 1.807) is 6.07 Å². The maximum absolute atomic E-state index is 13.2. The molecule has 0 unspecified atom stereocenters. The van der Waals surface area contributed by atoms with Gasteiger partial charge in [0, 0.05) is 32.9 Å². The van der Waals surface area contributed by atoms with Crippen LogP contribution < -0.4 is 10.6 Å². The van der Waals surface area contributed by atoms with Gasteiger partial charge in [-0.25, -0.2) is 9.38 Å². The molecule has 1 aromatic carbocycles. The molecule has 1 heterocycles. The van der Waals surface area contributed by atoms with Gasteiger partial charge in [-0.2, -0.15) is 0 Å². The molecule has 0 amide bonds. The van der Waals surface area contributed by atoms with Crippen LogP contribution in [0.1, 0.15) is 31.7 Å². The molecule has 1 aliphatic rings. The lowest BCUT2D eigenvalue weighted by Crippen LogP contribution is -2.38. The summed E-state index contributed by atoms with van der Waals surface area (Å²) in [6, 6.07) is 6.52. The topological polar surface area (TPSA) is 54.9 Å². The van der Waals surface area contributed by atoms with Gasteiger partial charge in [0.1, 0.15) is 5.82 Å². The Morgan fingerprint density at radius 2 is 2.12 bits per heavy atom. The van der Waals surface area contributed by atoms with Crippen LogP contribution in [0.2, 0.25) is 0 Å². The van der Waals surface area contributed by atoms with Gasteiger partial charge in [0.15, 0.2) is 5.96 Å². The third-order valence-corrected chi connectivity index (χ3v) is 3.79. The second kappa shape index (κ2) is 13.3. The van der Waals surface area contributed by atoms with Crippen LogP contribution in [-0.2, 0) is 16.0 Å². The molecule has 7 heteroatoms. The van der Waals surface area contributed by atoms with Crippen LogP contribution in [-0.4, -0.2) is 45.0 Å². The highest BCUT2D eigenvalue weighted by Crippen LogP contribution is 2.10. The van der Waals surface area contributed by atoms with E-state index in [2.05, 4.69) is 15.6 Å². The molecule has 0 saturated carbocycles. The van der Waals surface area contributed by atoms with Crippen molar-refractivity contribution in [2.75, 3.05) is 32.9 Å². The largest absolute Gasteiger partial charge is 0.381 e. The van der Waals surface area contributed by atoms with Crippen LogP contribution in [0.3, 0.4) is 0 Å². The Bertz CT molecular complexity index is 511. The number of guanidine groups is 1. The van der Waals surface area contributed by atoms with Crippen LogP contribution in [0.4, 0.5) is 4.39 Å². The van der Waals surface area contributed by atoms with Crippen molar-refractivity contribution in [2.45, 2.75) is 38.8 Å². The summed E-state index contributed by atoms with van der Waals surface area (Å²) in [7, 11) is 0. The summed E-state index contributed by atoms with van der Waals surface area (Å²) in [5.41, 5.74) is 0.857. The summed E-state index contributed by atoms with van der Waals surface area (Å²) in [4.78, 5) is 4.48. The fourth-order valence-corrected chi connectivity index (χ4v) is 2.52. The van der Waals surface area contributed by atoms with Crippen LogP contribution in [0.5, 0.6) is 0 Å². The van der Waals surface area contributed by atoms with Gasteiger partial charge >= 0.3 is 0 Å². The van der Waals surface area contributed by atoms with Crippen molar-refractivity contribution in [2.24, 2.45) is 4.99 Å². The Labute approximate surface area is 166 Å². The summed E-state index contributed by atoms with van der Waals surface area (Å²) >= 11 is 0. The number of nitrogens with one attached hydrogen (secondary N) is 2. The van der Waals surface area contributed by atoms with Crippen molar-refractivity contribution < 1.29 is 13.9 Å². The molecule has 1 fully saturated rings. The van der Waals surface area contributed by atoms with Crippen molar-refractivity contribution >= 4 is 29.9 Å². The molecule has 5 nitrogen and oxygen atoms in total. The molecule has 1 aliphatic heterocycles. The lowest BCUT2D eigenvalue weighted by molar-refractivity contribution is -0.0320. The Hall–Kier alpha value is -0.930. The van der Waals surface area contributed by atoms with E-state index in [0.29, 0.717) is 12.6 Å². The highest BCUT2D eigenvalue weighted by molar-refractivity contribution is 14.0. The predicted octanol–water partition coefficient (Wildman–Crippen LogP) is 3.08. The quantitative estimate of drug-likeness (QED) is 0.268. The SMILES string of the molecule is CCNC(=NCc1cccc(F)c1)NCCCOC1CCOCC1.I. The van der Waals surface area contributed by atoms with Crippen molar-refractivity contribution in [3.63, 3.8) is 0 Å². The third-order valence-electron chi connectivity index (χ3n) is 3.79. The number of rotatable bonds is 8. The van der Waals surface area contributed by atoms with E-state index in [1.807, 2.05) is 13.0 Å². The highest BCUT2D eigenvalue weighted by atomic mass is 127. The zero-order valence-corrected chi connectivity index (χ0v) is 17.1. The zero-order valence-electron chi connectivity index (χ0n) is 14.8. The van der Waals surface area contributed by atoms with Gasteiger partial charge in [-0.05, 0) is 43.9 Å². The van der Waals surface area contributed by atoms with E-state index in [0.717, 1.165) is 63.7 Å². The minimum atomic E-state index is -0.231. The second-order valence-electron chi connectivity index (χ2n) is 5.79. The van der Waals surface area contributed by atoms with Crippen LogP contribution in [0, 0.1) is 5.82 Å². The van der Waals surface area contributed by atoms with E-state index in [1.165, 1.54) is 12.1 Å². The second-order valence-corrected chi connectivity index (χ2v) is 5.79. The Morgan fingerprint density at radius 3 is 2.84 bits per heavy atom. The van der Waals surface area contributed by atoms with E-state index in [-0.39, 0.29) is 29.8 Å². The number of benzene rings is 1. The average molecular weight is 465 g/mol. The molecule has 0 spiro atoms. The van der Waals surface area contributed by atoms with Gasteiger partial charge in [0.25, 0.3) is 0 Å². The van der Waals surface area contributed by atoms with Gasteiger partial charge in [0.05, 0.1) is 12.6 Å². The molecule has 2 rings (SSSR count). The number of aliphatic imine (C=N–C) groups is 1. The first-order valence-electron chi connectivity index (χ1n) is 8.74. The molecule has 1 aromatic rings. The Balaban J connectivity index is 0.00000312. The van der Waals surface area contributed by atoms with Crippen molar-refractivity contribution in [1.82, 2.24) is 10.6 Å². The first-order valence-corrected chi connectivity index (χ1v) is 8.74. The van der Waals surface area contributed by atoms with Crippen molar-refractivity contribution in [3.05, 3.63) is 35.6 Å². The van der Waals surface area contributed by atoms with Crippen LogP contribution in [0.15, 0.2) is 29.3 Å². The zero-order chi connectivity index (χ0) is 17.0. The molecule has 25 heavy (non-hydrogen) atoms. The number of nitrogens with zero attached hydrogens (tertiary/aromatic N) is 1. The fourth-order valence-electron chi connectivity index (χ4n) is 2.52. The molecule has 0 bridgehead atoms. The smallest absolute Gasteiger partial charge is 0.191 e. The van der Waals surface area contributed by atoms with Gasteiger partial charge in [-0.1, -0.05) is 12.1 Å². The third kappa shape index (κ3) is 9.37. The maximum atomic E-state index is 13.2. The minimum Gasteiger partial charge on any atom is -0.381 e. The Morgan fingerprint density at radius 1 is 1.32 bits per heavy atom. The molecule has 2 N–H and O–H groups in total. The Kier molecular flexibility index (Phi) is 11.8. The standard InChI is InChI=1S/C18H28FN3O2.HI/c1-2-20-18(22-14-15-5-3-6-16(19)13-15)21-9-4-10-24-17-7-11-23-12-8-17;/h3,5-6,13,17H,2,4,7-12,14H2,1H3,(H2,20,21,22);1H. The first-order chi connectivity index (χ1) is 11.8. The predicted molar refractivity (Wildman–Crippen MR) is 109 cm³/mol. The van der Waals surface area contributed by atoms with Crippen molar-refractivity contribution in [3.8, 4) is 0 Å². The molecule has 1 saturated heterocycles. The van der Waals surface area contributed by atoms with Crippen LogP contribution in [0.25, 0.3) is 0 Å². The molecule has 0 aromatic heterocycles. The van der Waals surface area contributed by atoms with E-state index in [9.17, 15) is 4.39 Å². The first kappa shape index (κ1) is 22.1. The summed E-state index contributed by atoms with van der Waals surface area (Å²) in [6.45, 7) is 6.40. The molecule has 0 aliphatic carbocycles. The van der Waals surface area contributed by atoms with Gasteiger partial charge in [-0.15, -0.1) is 24.0 Å². The molecular weight excluding hydrogens is 436 g/mol. The lowest BCUT2D eigenvalue weighted by Gasteiger charge is -2.22. The van der Waals surface area contributed by atoms with Crippen LogP contribution >= 0.6 is 24.0 Å². The van der Waals surface area contributed by atoms with E-state index in [4.69, 9.17) is 9.47 Å². The molecule has 0 radical (unpaired) electrons. The van der Waals surface area contributed by atoms with Gasteiger partial charge in [0.2, 0.25) is 0 Å². The lowest BCUT2D eigenvalue weighted by atomic mass is 10.1. The maximum Gasteiger partial charge on any atom is 0.191 e. The van der Waals surface area contributed by atoms with Gasteiger partial charge < -0.3 is 20.1 Å². The molecule has 0 atom stereocenters. The number of hydrogen-bond acceptors (Lipinski definition) is 3. The van der Waals surface area contributed by atoms with E-state index < -0.39 is 0 Å². The summed E-state index contributed by atoms with van der Waals surface area (Å²) in [6.07, 6.45) is 3.24. The minimum absolute atomic E-state index is 0. The van der Waals surface area contributed by atoms with Crippen molar-refractivity contribution in [1.29, 1.82) is 0 Å². The van der Waals surface area contributed by atoms with Gasteiger partial charge in [-0.3, -0.25) is 0 Å².